The van der Waals surface area contributed by atoms with Crippen molar-refractivity contribution in [2.24, 2.45) is 5.92 Å². The summed E-state index contributed by atoms with van der Waals surface area (Å²) in [7, 11) is 4.07. The molecule has 1 aromatic heterocycles. The van der Waals surface area contributed by atoms with Gasteiger partial charge in [-0.15, -0.1) is 0 Å². The van der Waals surface area contributed by atoms with Crippen LogP contribution in [0.1, 0.15) is 24.8 Å². The molecule has 2 aromatic rings. The number of allylic oxidation sites excluding steroid dienone is 2. The van der Waals surface area contributed by atoms with Gasteiger partial charge in [0.15, 0.2) is 0 Å². The number of nitrogens with one attached hydrogen (secondary N) is 1. The minimum absolute atomic E-state index is 0.226. The number of anilines is 1. The minimum atomic E-state index is -0.681. The maximum Gasteiger partial charge on any atom is 0.306 e. The van der Waals surface area contributed by atoms with Crippen molar-refractivity contribution in [1.29, 1.82) is 0 Å². The third-order valence-corrected chi connectivity index (χ3v) is 4.29. The van der Waals surface area contributed by atoms with Crippen LogP contribution in [0.2, 0.25) is 0 Å². The quantitative estimate of drug-likeness (QED) is 0.907. The van der Waals surface area contributed by atoms with E-state index in [-0.39, 0.29) is 5.92 Å². The second kappa shape index (κ2) is 5.28. The highest BCUT2D eigenvalue weighted by Crippen LogP contribution is 2.35. The highest BCUT2D eigenvalue weighted by atomic mass is 16.4. The molecule has 1 aromatic carbocycles. The number of aromatic nitrogens is 1. The Balaban J connectivity index is 1.97. The third kappa shape index (κ3) is 2.53. The van der Waals surface area contributed by atoms with Crippen LogP contribution in [0.15, 0.2) is 30.5 Å². The smallest absolute Gasteiger partial charge is 0.306 e. The van der Waals surface area contributed by atoms with E-state index >= 15 is 0 Å². The second-order valence-corrected chi connectivity index (χ2v) is 5.87. The Hall–Kier alpha value is -2.23. The fraction of sp³-hybridized carbons (Fsp3) is 0.353. The molecule has 1 unspecified atom stereocenters. The molecule has 0 bridgehead atoms. The van der Waals surface area contributed by atoms with E-state index in [1.807, 2.05) is 20.3 Å². The first-order valence-electron chi connectivity index (χ1n) is 7.27. The van der Waals surface area contributed by atoms with Crippen molar-refractivity contribution in [3.63, 3.8) is 0 Å². The zero-order valence-corrected chi connectivity index (χ0v) is 12.4. The van der Waals surface area contributed by atoms with Gasteiger partial charge in [0.2, 0.25) is 0 Å². The number of fused-ring (bicyclic) bond motifs is 1. The van der Waals surface area contributed by atoms with Gasteiger partial charge < -0.3 is 15.0 Å². The fourth-order valence-corrected chi connectivity index (χ4v) is 2.96. The van der Waals surface area contributed by atoms with Crippen LogP contribution in [0.5, 0.6) is 0 Å². The van der Waals surface area contributed by atoms with Crippen LogP contribution >= 0.6 is 0 Å². The molecule has 0 saturated heterocycles. The van der Waals surface area contributed by atoms with Crippen molar-refractivity contribution in [3.8, 4) is 0 Å². The fourth-order valence-electron chi connectivity index (χ4n) is 2.96. The lowest BCUT2D eigenvalue weighted by Crippen LogP contribution is -2.15. The van der Waals surface area contributed by atoms with Gasteiger partial charge in [0.25, 0.3) is 0 Å². The van der Waals surface area contributed by atoms with Crippen LogP contribution in [0.3, 0.4) is 0 Å². The van der Waals surface area contributed by atoms with Gasteiger partial charge >= 0.3 is 5.97 Å². The molecular weight excluding hydrogens is 264 g/mol. The Bertz CT molecular complexity index is 713. The summed E-state index contributed by atoms with van der Waals surface area (Å²) >= 11 is 0. The SMILES string of the molecule is CN(C)c1ccc2[nH]cc(C3=CCC(C(=O)O)CC3)c2c1. The van der Waals surface area contributed by atoms with Gasteiger partial charge in [0, 0.05) is 42.4 Å². The molecule has 110 valence electrons. The van der Waals surface area contributed by atoms with Crippen molar-refractivity contribution in [2.75, 3.05) is 19.0 Å². The van der Waals surface area contributed by atoms with Crippen molar-refractivity contribution >= 4 is 28.1 Å². The molecule has 3 rings (SSSR count). The Morgan fingerprint density at radius 3 is 2.81 bits per heavy atom. The number of H-pyrrole nitrogens is 1. The summed E-state index contributed by atoms with van der Waals surface area (Å²) in [5, 5.41) is 10.3. The number of nitrogens with zero attached hydrogens (tertiary/aromatic N) is 1. The number of hydrogen-bond acceptors (Lipinski definition) is 2. The van der Waals surface area contributed by atoms with Crippen molar-refractivity contribution in [3.05, 3.63) is 36.0 Å². The number of carbonyl (C=O) groups is 1. The summed E-state index contributed by atoms with van der Waals surface area (Å²) in [6.07, 6.45) is 6.31. The topological polar surface area (TPSA) is 56.3 Å². The van der Waals surface area contributed by atoms with Gasteiger partial charge in [0.05, 0.1) is 5.92 Å². The molecule has 0 saturated carbocycles. The predicted octanol–water partition coefficient (Wildman–Crippen LogP) is 3.50. The average molecular weight is 284 g/mol. The van der Waals surface area contributed by atoms with Crippen molar-refractivity contribution in [1.82, 2.24) is 4.98 Å². The van der Waals surface area contributed by atoms with E-state index < -0.39 is 5.97 Å². The Labute approximate surface area is 124 Å². The predicted molar refractivity (Wildman–Crippen MR) is 85.6 cm³/mol. The van der Waals surface area contributed by atoms with Crippen LogP contribution in [0.4, 0.5) is 5.69 Å². The normalized spacial score (nSPS) is 18.6. The standard InChI is InChI=1S/C17H20N2O2/c1-19(2)13-7-8-16-14(9-13)15(10-18-16)11-3-5-12(6-4-11)17(20)21/h3,7-10,12,18H,4-6H2,1-2H3,(H,20,21). The first kappa shape index (κ1) is 13.7. The number of aliphatic carboxylic acids is 1. The second-order valence-electron chi connectivity index (χ2n) is 5.87. The van der Waals surface area contributed by atoms with E-state index in [4.69, 9.17) is 5.11 Å². The van der Waals surface area contributed by atoms with E-state index in [2.05, 4.69) is 34.2 Å². The van der Waals surface area contributed by atoms with Crippen LogP contribution in [-0.4, -0.2) is 30.2 Å². The van der Waals surface area contributed by atoms with Gasteiger partial charge in [-0.1, -0.05) is 6.08 Å². The highest BCUT2D eigenvalue weighted by Gasteiger charge is 2.22. The molecule has 2 N–H and O–H groups in total. The third-order valence-electron chi connectivity index (χ3n) is 4.29. The van der Waals surface area contributed by atoms with Crippen LogP contribution < -0.4 is 4.90 Å². The maximum absolute atomic E-state index is 11.0. The van der Waals surface area contributed by atoms with Gasteiger partial charge in [0.1, 0.15) is 0 Å². The summed E-state index contributed by atoms with van der Waals surface area (Å²) < 4.78 is 0. The first-order chi connectivity index (χ1) is 10.1. The van der Waals surface area contributed by atoms with Gasteiger partial charge in [-0.05, 0) is 43.0 Å². The minimum Gasteiger partial charge on any atom is -0.481 e. The average Bonchev–Trinajstić information content (AvgIpc) is 2.90. The summed E-state index contributed by atoms with van der Waals surface area (Å²) in [5.74, 6) is -0.907. The van der Waals surface area contributed by atoms with Crippen molar-refractivity contribution < 1.29 is 9.90 Å². The lowest BCUT2D eigenvalue weighted by atomic mass is 9.86. The van der Waals surface area contributed by atoms with Crippen LogP contribution in [0.25, 0.3) is 16.5 Å². The summed E-state index contributed by atoms with van der Waals surface area (Å²) in [4.78, 5) is 16.4. The number of aromatic amines is 1. The molecule has 4 heteroatoms. The highest BCUT2D eigenvalue weighted by molar-refractivity contribution is 5.95. The molecule has 0 fully saturated rings. The lowest BCUT2D eigenvalue weighted by Gasteiger charge is -2.18. The summed E-state index contributed by atoms with van der Waals surface area (Å²) in [6, 6.07) is 6.38. The summed E-state index contributed by atoms with van der Waals surface area (Å²) in [6.45, 7) is 0. The van der Waals surface area contributed by atoms with Gasteiger partial charge in [-0.2, -0.15) is 0 Å². The largest absolute Gasteiger partial charge is 0.481 e. The van der Waals surface area contributed by atoms with E-state index in [0.29, 0.717) is 6.42 Å². The Morgan fingerprint density at radius 1 is 1.38 bits per heavy atom. The van der Waals surface area contributed by atoms with Crippen molar-refractivity contribution in [2.45, 2.75) is 19.3 Å². The lowest BCUT2D eigenvalue weighted by molar-refractivity contribution is -0.141. The van der Waals surface area contributed by atoms with Crippen LogP contribution in [-0.2, 0) is 4.79 Å². The molecule has 21 heavy (non-hydrogen) atoms. The van der Waals surface area contributed by atoms with E-state index in [1.165, 1.54) is 22.2 Å². The molecule has 1 aliphatic rings. The van der Waals surface area contributed by atoms with Gasteiger partial charge in [-0.3, -0.25) is 4.79 Å². The molecule has 1 heterocycles. The Kier molecular flexibility index (Phi) is 3.45. The summed E-state index contributed by atoms with van der Waals surface area (Å²) in [5.41, 5.74) is 4.76. The van der Waals surface area contributed by atoms with E-state index in [9.17, 15) is 4.79 Å². The monoisotopic (exact) mass is 284 g/mol. The molecule has 0 aliphatic heterocycles. The molecule has 0 amide bonds. The van der Waals surface area contributed by atoms with Gasteiger partial charge in [-0.25, -0.2) is 0 Å². The number of carboxylic acid groups (broad SMARTS) is 1. The Morgan fingerprint density at radius 2 is 2.19 bits per heavy atom. The zero-order chi connectivity index (χ0) is 15.0. The number of rotatable bonds is 3. The maximum atomic E-state index is 11.0. The van der Waals surface area contributed by atoms with E-state index in [1.54, 1.807) is 0 Å². The zero-order valence-electron chi connectivity index (χ0n) is 12.4. The molecule has 0 radical (unpaired) electrons. The number of benzene rings is 1. The molecular formula is C17H20N2O2. The first-order valence-corrected chi connectivity index (χ1v) is 7.27. The molecule has 1 atom stereocenters. The molecule has 4 nitrogen and oxygen atoms in total. The van der Waals surface area contributed by atoms with Crippen LogP contribution in [0, 0.1) is 5.92 Å². The number of hydrogen-bond donors (Lipinski definition) is 2. The van der Waals surface area contributed by atoms with E-state index in [0.717, 1.165) is 18.4 Å². The number of carboxylic acids is 1. The molecule has 1 aliphatic carbocycles. The molecule has 0 spiro atoms.